The monoisotopic (exact) mass is 456 g/mol. The highest BCUT2D eigenvalue weighted by atomic mass is 16.7. The van der Waals surface area contributed by atoms with E-state index >= 15 is 0 Å². The van der Waals surface area contributed by atoms with Gasteiger partial charge in [0.2, 0.25) is 5.43 Å². The highest BCUT2D eigenvalue weighted by Crippen LogP contribution is 2.34. The van der Waals surface area contributed by atoms with E-state index in [2.05, 4.69) is 6.92 Å². The summed E-state index contributed by atoms with van der Waals surface area (Å²) in [5, 5.41) is 4.52. The van der Waals surface area contributed by atoms with Crippen molar-refractivity contribution in [2.75, 3.05) is 32.8 Å². The molecule has 1 aromatic heterocycles. The molecule has 0 unspecified atom stereocenters. The van der Waals surface area contributed by atoms with Crippen LogP contribution in [0.4, 0.5) is 0 Å². The third-order valence-electron chi connectivity index (χ3n) is 5.58. The van der Waals surface area contributed by atoms with Gasteiger partial charge in [-0.05, 0) is 46.2 Å². The SMILES string of the molecule is CCCCCOc1cc(ON(CC)CC)cc2oc3c(ON(CC)CC)cccc3c(=O)c12. The molecular weight excluding hydrogens is 420 g/mol. The van der Waals surface area contributed by atoms with E-state index in [4.69, 9.17) is 18.8 Å². The number of hydrogen-bond donors (Lipinski definition) is 0. The first-order valence-corrected chi connectivity index (χ1v) is 12.1. The number of nitrogens with zero attached hydrogens (tertiary/aromatic N) is 2. The Kier molecular flexibility index (Phi) is 8.97. The standard InChI is InChI=1S/C26H36N2O5/c1-6-11-12-16-30-22-17-19(32-27(7-2)8-3)18-23-24(22)25(29)20-14-13-15-21(26(20)31-23)33-28(9-4)10-5/h13-15,17-18H,6-12,16H2,1-5H3. The summed E-state index contributed by atoms with van der Waals surface area (Å²) < 4.78 is 12.3. The van der Waals surface area contributed by atoms with Gasteiger partial charge in [0, 0.05) is 38.3 Å². The Bertz CT molecular complexity index is 1100. The van der Waals surface area contributed by atoms with Gasteiger partial charge in [-0.3, -0.25) is 4.79 Å². The molecule has 0 saturated heterocycles. The van der Waals surface area contributed by atoms with Crippen LogP contribution in [0.25, 0.3) is 21.9 Å². The minimum atomic E-state index is -0.142. The van der Waals surface area contributed by atoms with E-state index in [0.29, 0.717) is 58.9 Å². The maximum absolute atomic E-state index is 13.6. The van der Waals surface area contributed by atoms with Gasteiger partial charge in [-0.25, -0.2) is 0 Å². The lowest BCUT2D eigenvalue weighted by Crippen LogP contribution is -2.27. The van der Waals surface area contributed by atoms with Crippen LogP contribution in [-0.2, 0) is 0 Å². The Labute approximate surface area is 195 Å². The number of ether oxygens (including phenoxy) is 1. The van der Waals surface area contributed by atoms with Gasteiger partial charge < -0.3 is 18.8 Å². The van der Waals surface area contributed by atoms with E-state index in [1.807, 2.05) is 44.9 Å². The van der Waals surface area contributed by atoms with Gasteiger partial charge in [-0.2, -0.15) is 0 Å². The number of hydroxylamine groups is 4. The van der Waals surface area contributed by atoms with Crippen LogP contribution in [0.2, 0.25) is 0 Å². The van der Waals surface area contributed by atoms with Crippen LogP contribution in [0.5, 0.6) is 17.2 Å². The molecule has 0 saturated carbocycles. The summed E-state index contributed by atoms with van der Waals surface area (Å²) in [6.45, 7) is 13.6. The predicted octanol–water partition coefficient (Wildman–Crippen LogP) is 5.79. The summed E-state index contributed by atoms with van der Waals surface area (Å²) in [5.41, 5.74) is 0.688. The summed E-state index contributed by atoms with van der Waals surface area (Å²) in [6, 6.07) is 8.92. The van der Waals surface area contributed by atoms with Crippen LogP contribution in [0.15, 0.2) is 39.5 Å². The zero-order valence-electron chi connectivity index (χ0n) is 20.5. The molecule has 0 amide bonds. The van der Waals surface area contributed by atoms with Gasteiger partial charge in [-0.1, -0.05) is 25.8 Å². The fourth-order valence-electron chi connectivity index (χ4n) is 3.68. The second kappa shape index (κ2) is 11.9. The molecule has 0 aliphatic carbocycles. The molecular formula is C26H36N2O5. The van der Waals surface area contributed by atoms with E-state index < -0.39 is 0 Å². The van der Waals surface area contributed by atoms with Gasteiger partial charge in [0.15, 0.2) is 17.1 Å². The van der Waals surface area contributed by atoms with E-state index in [9.17, 15) is 4.79 Å². The van der Waals surface area contributed by atoms with Crippen LogP contribution in [-0.4, -0.2) is 42.9 Å². The molecule has 0 fully saturated rings. The maximum atomic E-state index is 13.6. The zero-order valence-corrected chi connectivity index (χ0v) is 20.5. The van der Waals surface area contributed by atoms with E-state index in [0.717, 1.165) is 32.4 Å². The van der Waals surface area contributed by atoms with E-state index in [1.54, 1.807) is 23.3 Å². The van der Waals surface area contributed by atoms with E-state index in [-0.39, 0.29) is 5.43 Å². The van der Waals surface area contributed by atoms with Crippen LogP contribution in [0.1, 0.15) is 53.9 Å². The Balaban J connectivity index is 2.16. The molecule has 0 atom stereocenters. The quantitative estimate of drug-likeness (QED) is 0.183. The summed E-state index contributed by atoms with van der Waals surface area (Å²) in [6.07, 6.45) is 3.08. The van der Waals surface area contributed by atoms with Gasteiger partial charge >= 0.3 is 0 Å². The van der Waals surface area contributed by atoms with Crippen molar-refractivity contribution in [1.29, 1.82) is 0 Å². The molecule has 0 bridgehead atoms. The number of unbranched alkanes of at least 4 members (excludes halogenated alkanes) is 2. The van der Waals surface area contributed by atoms with Crippen molar-refractivity contribution in [3.63, 3.8) is 0 Å². The second-order valence-corrected chi connectivity index (χ2v) is 7.83. The average Bonchev–Trinajstić information content (AvgIpc) is 2.83. The molecule has 1 heterocycles. The van der Waals surface area contributed by atoms with E-state index in [1.165, 1.54) is 0 Å². The Morgan fingerprint density at radius 3 is 2.21 bits per heavy atom. The molecule has 2 aromatic carbocycles. The number of para-hydroxylation sites is 1. The summed E-state index contributed by atoms with van der Waals surface area (Å²) in [5.74, 6) is 1.56. The highest BCUT2D eigenvalue weighted by Gasteiger charge is 2.19. The first kappa shape index (κ1) is 24.9. The summed E-state index contributed by atoms with van der Waals surface area (Å²) in [4.78, 5) is 25.6. The smallest absolute Gasteiger partial charge is 0.204 e. The molecule has 0 spiro atoms. The molecule has 180 valence electrons. The van der Waals surface area contributed by atoms with Crippen molar-refractivity contribution in [3.05, 3.63) is 40.6 Å². The van der Waals surface area contributed by atoms with Crippen molar-refractivity contribution < 1.29 is 18.8 Å². The number of fused-ring (bicyclic) bond motifs is 2. The molecule has 3 rings (SSSR count). The molecule has 33 heavy (non-hydrogen) atoms. The van der Waals surface area contributed by atoms with Crippen LogP contribution in [0, 0.1) is 0 Å². The van der Waals surface area contributed by atoms with Crippen molar-refractivity contribution >= 4 is 21.9 Å². The van der Waals surface area contributed by atoms with Crippen LogP contribution >= 0.6 is 0 Å². The fourth-order valence-corrected chi connectivity index (χ4v) is 3.68. The van der Waals surface area contributed by atoms with Gasteiger partial charge in [0.25, 0.3) is 0 Å². The Hall–Kier alpha value is -2.77. The third kappa shape index (κ3) is 5.78. The molecule has 7 nitrogen and oxygen atoms in total. The fraction of sp³-hybridized carbons (Fsp3) is 0.500. The molecule has 0 aliphatic rings. The first-order chi connectivity index (χ1) is 16.1. The normalized spacial score (nSPS) is 11.6. The first-order valence-electron chi connectivity index (χ1n) is 12.1. The minimum Gasteiger partial charge on any atom is -0.493 e. The van der Waals surface area contributed by atoms with Gasteiger partial charge in [0.05, 0.1) is 12.0 Å². The highest BCUT2D eigenvalue weighted by molar-refractivity contribution is 5.95. The van der Waals surface area contributed by atoms with Crippen molar-refractivity contribution in [1.82, 2.24) is 10.1 Å². The van der Waals surface area contributed by atoms with Gasteiger partial charge in [0.1, 0.15) is 16.7 Å². The lowest BCUT2D eigenvalue weighted by molar-refractivity contribution is -0.0488. The van der Waals surface area contributed by atoms with Crippen molar-refractivity contribution in [3.8, 4) is 17.2 Å². The minimum absolute atomic E-state index is 0.142. The molecule has 7 heteroatoms. The number of hydrogen-bond acceptors (Lipinski definition) is 7. The zero-order chi connectivity index (χ0) is 23.8. The second-order valence-electron chi connectivity index (χ2n) is 7.83. The average molecular weight is 457 g/mol. The lowest BCUT2D eigenvalue weighted by Gasteiger charge is -2.21. The van der Waals surface area contributed by atoms with Crippen LogP contribution < -0.4 is 19.8 Å². The van der Waals surface area contributed by atoms with Crippen molar-refractivity contribution in [2.24, 2.45) is 0 Å². The largest absolute Gasteiger partial charge is 0.493 e. The molecule has 0 N–H and O–H groups in total. The van der Waals surface area contributed by atoms with Gasteiger partial charge in [-0.15, -0.1) is 10.1 Å². The maximum Gasteiger partial charge on any atom is 0.204 e. The lowest BCUT2D eigenvalue weighted by atomic mass is 10.1. The number of benzene rings is 2. The molecule has 0 aliphatic heterocycles. The summed E-state index contributed by atoms with van der Waals surface area (Å²) in [7, 11) is 0. The van der Waals surface area contributed by atoms with Crippen LogP contribution in [0.3, 0.4) is 0 Å². The van der Waals surface area contributed by atoms with Crippen molar-refractivity contribution in [2.45, 2.75) is 53.9 Å². The number of rotatable bonds is 13. The topological polar surface area (TPSA) is 64.4 Å². The molecule has 3 aromatic rings. The third-order valence-corrected chi connectivity index (χ3v) is 5.58. The Morgan fingerprint density at radius 2 is 1.55 bits per heavy atom. The summed E-state index contributed by atoms with van der Waals surface area (Å²) >= 11 is 0. The Morgan fingerprint density at radius 1 is 0.848 bits per heavy atom. The predicted molar refractivity (Wildman–Crippen MR) is 132 cm³/mol. The molecule has 0 radical (unpaired) electrons.